The lowest BCUT2D eigenvalue weighted by Crippen LogP contribution is -2.23. The highest BCUT2D eigenvalue weighted by molar-refractivity contribution is 5.02. The molecule has 1 heterocycles. The van der Waals surface area contributed by atoms with E-state index in [1.807, 2.05) is 19.2 Å². The van der Waals surface area contributed by atoms with Gasteiger partial charge in [0.05, 0.1) is 0 Å². The molecule has 3 heteroatoms. The Balaban J connectivity index is 2.04. The number of rotatable bonds is 5. The minimum absolute atomic E-state index is 0.293. The number of hydrogen-bond donors (Lipinski definition) is 3. The molecule has 0 amide bonds. The van der Waals surface area contributed by atoms with Crippen molar-refractivity contribution in [2.24, 2.45) is 5.73 Å². The van der Waals surface area contributed by atoms with Crippen LogP contribution in [0.4, 0.5) is 0 Å². The first-order valence-electron chi connectivity index (χ1n) is 4.37. The summed E-state index contributed by atoms with van der Waals surface area (Å²) in [6.45, 7) is 3.91. The topological polar surface area (TPSA) is 53.8 Å². The summed E-state index contributed by atoms with van der Waals surface area (Å²) in [5, 5.41) is 3.31. The molecule has 1 atom stereocenters. The maximum absolute atomic E-state index is 5.60. The molecule has 0 aliphatic carbocycles. The van der Waals surface area contributed by atoms with E-state index in [0.717, 1.165) is 19.5 Å². The zero-order valence-corrected chi connectivity index (χ0v) is 7.51. The fourth-order valence-corrected chi connectivity index (χ4v) is 1.03. The van der Waals surface area contributed by atoms with Crippen molar-refractivity contribution in [3.63, 3.8) is 0 Å². The van der Waals surface area contributed by atoms with Crippen LogP contribution in [0, 0.1) is 0 Å². The van der Waals surface area contributed by atoms with Gasteiger partial charge >= 0.3 is 0 Å². The molecular weight excluding hydrogens is 150 g/mol. The van der Waals surface area contributed by atoms with Gasteiger partial charge in [0.15, 0.2) is 0 Å². The van der Waals surface area contributed by atoms with Crippen LogP contribution in [0.1, 0.15) is 19.0 Å². The number of nitrogens with one attached hydrogen (secondary N) is 2. The second-order valence-electron chi connectivity index (χ2n) is 3.14. The van der Waals surface area contributed by atoms with E-state index in [4.69, 9.17) is 5.73 Å². The molecule has 0 aliphatic rings. The summed E-state index contributed by atoms with van der Waals surface area (Å²) in [5.41, 5.74) is 6.83. The monoisotopic (exact) mass is 167 g/mol. The summed E-state index contributed by atoms with van der Waals surface area (Å²) < 4.78 is 0. The van der Waals surface area contributed by atoms with Gasteiger partial charge in [0.2, 0.25) is 0 Å². The van der Waals surface area contributed by atoms with Gasteiger partial charge in [-0.25, -0.2) is 0 Å². The molecule has 12 heavy (non-hydrogen) atoms. The first kappa shape index (κ1) is 9.29. The Labute approximate surface area is 73.4 Å². The molecule has 0 radical (unpaired) electrons. The Kier molecular flexibility index (Phi) is 3.84. The molecule has 0 bridgehead atoms. The van der Waals surface area contributed by atoms with E-state index >= 15 is 0 Å². The fourth-order valence-electron chi connectivity index (χ4n) is 1.03. The second-order valence-corrected chi connectivity index (χ2v) is 3.14. The van der Waals surface area contributed by atoms with Crippen LogP contribution in [0.15, 0.2) is 18.3 Å². The lowest BCUT2D eigenvalue weighted by Gasteiger charge is -2.05. The summed E-state index contributed by atoms with van der Waals surface area (Å²) in [7, 11) is 0. The molecular formula is C9H17N3. The normalized spacial score (nSPS) is 13.2. The minimum atomic E-state index is 0.293. The van der Waals surface area contributed by atoms with Crippen LogP contribution in [0.5, 0.6) is 0 Å². The standard InChI is InChI=1S/C9H17N3/c1-8(10)4-6-11-7-9-3-2-5-12-9/h2-3,5,8,11-12H,4,6-7,10H2,1H3. The van der Waals surface area contributed by atoms with Crippen LogP contribution >= 0.6 is 0 Å². The zero-order chi connectivity index (χ0) is 8.81. The molecule has 1 aromatic heterocycles. The van der Waals surface area contributed by atoms with Gasteiger partial charge in [-0.05, 0) is 32.0 Å². The zero-order valence-electron chi connectivity index (χ0n) is 7.51. The van der Waals surface area contributed by atoms with E-state index in [2.05, 4.69) is 16.4 Å². The Morgan fingerprint density at radius 1 is 1.67 bits per heavy atom. The van der Waals surface area contributed by atoms with Crippen LogP contribution in [0.2, 0.25) is 0 Å². The van der Waals surface area contributed by atoms with Gasteiger partial charge in [-0.2, -0.15) is 0 Å². The Morgan fingerprint density at radius 2 is 2.50 bits per heavy atom. The van der Waals surface area contributed by atoms with Crippen LogP contribution in [0.3, 0.4) is 0 Å². The maximum atomic E-state index is 5.60. The fraction of sp³-hybridized carbons (Fsp3) is 0.556. The minimum Gasteiger partial charge on any atom is -0.364 e. The average molecular weight is 167 g/mol. The van der Waals surface area contributed by atoms with E-state index in [-0.39, 0.29) is 0 Å². The molecule has 3 nitrogen and oxygen atoms in total. The van der Waals surface area contributed by atoms with Crippen LogP contribution in [0.25, 0.3) is 0 Å². The van der Waals surface area contributed by atoms with Gasteiger partial charge in [-0.1, -0.05) is 0 Å². The van der Waals surface area contributed by atoms with Gasteiger partial charge in [0.1, 0.15) is 0 Å². The lowest BCUT2D eigenvalue weighted by atomic mass is 10.2. The third-order valence-electron chi connectivity index (χ3n) is 1.75. The van der Waals surface area contributed by atoms with Crippen molar-refractivity contribution in [3.8, 4) is 0 Å². The number of H-pyrrole nitrogens is 1. The predicted molar refractivity (Wildman–Crippen MR) is 50.8 cm³/mol. The van der Waals surface area contributed by atoms with Crippen LogP contribution < -0.4 is 11.1 Å². The SMILES string of the molecule is CC(N)CCNCc1ccc[nH]1. The molecule has 0 spiro atoms. The van der Waals surface area contributed by atoms with Crippen molar-refractivity contribution < 1.29 is 0 Å². The Morgan fingerprint density at radius 3 is 3.08 bits per heavy atom. The van der Waals surface area contributed by atoms with Crippen molar-refractivity contribution in [2.75, 3.05) is 6.54 Å². The van der Waals surface area contributed by atoms with Gasteiger partial charge in [-0.15, -0.1) is 0 Å². The highest BCUT2D eigenvalue weighted by Gasteiger charge is 1.94. The third kappa shape index (κ3) is 3.55. The lowest BCUT2D eigenvalue weighted by molar-refractivity contribution is 0.585. The first-order chi connectivity index (χ1) is 5.79. The summed E-state index contributed by atoms with van der Waals surface area (Å²) in [6, 6.07) is 4.36. The number of nitrogens with two attached hydrogens (primary N) is 1. The van der Waals surface area contributed by atoms with E-state index in [9.17, 15) is 0 Å². The highest BCUT2D eigenvalue weighted by atomic mass is 14.9. The quantitative estimate of drug-likeness (QED) is 0.569. The van der Waals surface area contributed by atoms with Crippen molar-refractivity contribution in [3.05, 3.63) is 24.0 Å². The second kappa shape index (κ2) is 4.95. The molecule has 1 aromatic rings. The molecule has 0 aliphatic heterocycles. The summed E-state index contributed by atoms with van der Waals surface area (Å²) in [4.78, 5) is 3.13. The summed E-state index contributed by atoms with van der Waals surface area (Å²) >= 11 is 0. The molecule has 1 unspecified atom stereocenters. The van der Waals surface area contributed by atoms with Crippen LogP contribution in [-0.2, 0) is 6.54 Å². The molecule has 1 rings (SSSR count). The van der Waals surface area contributed by atoms with Gasteiger partial charge in [0.25, 0.3) is 0 Å². The first-order valence-corrected chi connectivity index (χ1v) is 4.37. The van der Waals surface area contributed by atoms with Crippen molar-refractivity contribution in [1.29, 1.82) is 0 Å². The Bertz CT molecular complexity index is 192. The smallest absolute Gasteiger partial charge is 0.0357 e. The van der Waals surface area contributed by atoms with E-state index in [0.29, 0.717) is 6.04 Å². The molecule has 0 saturated heterocycles. The molecule has 4 N–H and O–H groups in total. The molecule has 68 valence electrons. The number of aromatic amines is 1. The van der Waals surface area contributed by atoms with Crippen molar-refractivity contribution in [1.82, 2.24) is 10.3 Å². The third-order valence-corrected chi connectivity index (χ3v) is 1.75. The number of hydrogen-bond acceptors (Lipinski definition) is 2. The molecule has 0 saturated carbocycles. The predicted octanol–water partition coefficient (Wildman–Crippen LogP) is 0.842. The van der Waals surface area contributed by atoms with Crippen LogP contribution in [-0.4, -0.2) is 17.6 Å². The Hall–Kier alpha value is -0.800. The van der Waals surface area contributed by atoms with Gasteiger partial charge in [0, 0.05) is 24.5 Å². The maximum Gasteiger partial charge on any atom is 0.0357 e. The van der Waals surface area contributed by atoms with E-state index < -0.39 is 0 Å². The van der Waals surface area contributed by atoms with E-state index in [1.165, 1.54) is 5.69 Å². The number of aromatic nitrogens is 1. The summed E-state index contributed by atoms with van der Waals surface area (Å²) in [5.74, 6) is 0. The van der Waals surface area contributed by atoms with Gasteiger partial charge in [-0.3, -0.25) is 0 Å². The highest BCUT2D eigenvalue weighted by Crippen LogP contribution is 1.92. The summed E-state index contributed by atoms with van der Waals surface area (Å²) in [6.07, 6.45) is 2.96. The average Bonchev–Trinajstić information content (AvgIpc) is 2.49. The van der Waals surface area contributed by atoms with E-state index in [1.54, 1.807) is 0 Å². The van der Waals surface area contributed by atoms with Gasteiger partial charge < -0.3 is 16.0 Å². The molecule has 0 fully saturated rings. The van der Waals surface area contributed by atoms with Crippen molar-refractivity contribution in [2.45, 2.75) is 25.9 Å². The van der Waals surface area contributed by atoms with Crippen molar-refractivity contribution >= 4 is 0 Å². The molecule has 0 aromatic carbocycles. The largest absolute Gasteiger partial charge is 0.364 e.